The highest BCUT2D eigenvalue weighted by atomic mass is 35.5. The average molecular weight is 638 g/mol. The van der Waals surface area contributed by atoms with Crippen molar-refractivity contribution in [1.29, 1.82) is 0 Å². The lowest BCUT2D eigenvalue weighted by atomic mass is 9.95. The second-order valence-corrected chi connectivity index (χ2v) is 18.7. The Kier molecular flexibility index (Phi) is 8.78. The third-order valence-electron chi connectivity index (χ3n) is 9.81. The SMILES string of the molecule is CC1(O[Si](c2ccccc2)(c2ccccc2)C(C)(C)C)CCCCN(c2nc(Cl)nc(OC[C@@]34CCCN3C[C@H](F)C4)n2)C1. The molecule has 0 saturated carbocycles. The Morgan fingerprint density at radius 2 is 1.61 bits per heavy atom. The summed E-state index contributed by atoms with van der Waals surface area (Å²) in [6.45, 7) is 12.3. The van der Waals surface area contributed by atoms with Crippen LogP contribution in [-0.2, 0) is 4.43 Å². The summed E-state index contributed by atoms with van der Waals surface area (Å²) < 4.78 is 28.2. The molecule has 236 valence electrons. The summed E-state index contributed by atoms with van der Waals surface area (Å²) in [6.07, 6.45) is 4.56. The Balaban J connectivity index is 1.30. The second-order valence-electron chi connectivity index (χ2n) is 14.1. The number of halogens is 2. The largest absolute Gasteiger partial charge is 0.461 e. The van der Waals surface area contributed by atoms with Crippen LogP contribution in [0.3, 0.4) is 0 Å². The molecular formula is C34H45ClFN5O2Si. The van der Waals surface area contributed by atoms with E-state index in [1.54, 1.807) is 0 Å². The van der Waals surface area contributed by atoms with Gasteiger partial charge in [-0.05, 0) is 72.6 Å². The Labute approximate surface area is 267 Å². The van der Waals surface area contributed by atoms with Gasteiger partial charge in [-0.3, -0.25) is 4.90 Å². The number of rotatable bonds is 8. The van der Waals surface area contributed by atoms with Crippen LogP contribution in [0, 0.1) is 0 Å². The molecule has 3 aliphatic heterocycles. The normalized spacial score (nSPS) is 26.4. The van der Waals surface area contributed by atoms with Crippen molar-refractivity contribution in [3.63, 3.8) is 0 Å². The van der Waals surface area contributed by atoms with Gasteiger partial charge in [-0.15, -0.1) is 0 Å². The molecule has 44 heavy (non-hydrogen) atoms. The minimum absolute atomic E-state index is 0.0967. The highest BCUT2D eigenvalue weighted by Crippen LogP contribution is 2.42. The lowest BCUT2D eigenvalue weighted by Crippen LogP contribution is -2.70. The van der Waals surface area contributed by atoms with Crippen molar-refractivity contribution in [2.75, 3.05) is 37.7 Å². The fourth-order valence-electron chi connectivity index (χ4n) is 7.81. The molecule has 0 bridgehead atoms. The van der Waals surface area contributed by atoms with Crippen LogP contribution >= 0.6 is 11.6 Å². The highest BCUT2D eigenvalue weighted by molar-refractivity contribution is 6.99. The molecule has 0 radical (unpaired) electrons. The summed E-state index contributed by atoms with van der Waals surface area (Å²) in [5.74, 6) is 0.495. The molecule has 1 aromatic heterocycles. The molecular weight excluding hydrogens is 593 g/mol. The van der Waals surface area contributed by atoms with Crippen LogP contribution < -0.4 is 20.0 Å². The molecule has 0 spiro atoms. The van der Waals surface area contributed by atoms with Gasteiger partial charge >= 0.3 is 6.01 Å². The number of hydrogen-bond acceptors (Lipinski definition) is 7. The summed E-state index contributed by atoms with van der Waals surface area (Å²) >= 11 is 6.47. The van der Waals surface area contributed by atoms with Gasteiger partial charge in [0.25, 0.3) is 8.32 Å². The maximum atomic E-state index is 14.3. The highest BCUT2D eigenvalue weighted by Gasteiger charge is 2.54. The number of hydrogen-bond donors (Lipinski definition) is 0. The third kappa shape index (κ3) is 6.13. The topological polar surface area (TPSA) is 63.6 Å². The Bertz CT molecular complexity index is 1390. The number of anilines is 1. The van der Waals surface area contributed by atoms with Gasteiger partial charge in [0, 0.05) is 26.1 Å². The van der Waals surface area contributed by atoms with Gasteiger partial charge in [-0.1, -0.05) is 81.4 Å². The molecule has 3 aromatic rings. The van der Waals surface area contributed by atoms with Crippen LogP contribution in [0.1, 0.15) is 66.2 Å². The van der Waals surface area contributed by atoms with Crippen molar-refractivity contribution in [1.82, 2.24) is 19.9 Å². The number of ether oxygens (including phenoxy) is 1. The fourth-order valence-corrected chi connectivity index (χ4v) is 12.8. The van der Waals surface area contributed by atoms with Gasteiger partial charge < -0.3 is 14.1 Å². The van der Waals surface area contributed by atoms with Gasteiger partial charge in [0.15, 0.2) is 0 Å². The molecule has 6 rings (SSSR count). The molecule has 3 saturated heterocycles. The van der Waals surface area contributed by atoms with E-state index in [2.05, 4.69) is 108 Å². The van der Waals surface area contributed by atoms with E-state index in [-0.39, 0.29) is 21.9 Å². The maximum Gasteiger partial charge on any atom is 0.322 e. The first-order valence-corrected chi connectivity index (χ1v) is 18.3. The van der Waals surface area contributed by atoms with Crippen LogP contribution in [0.5, 0.6) is 6.01 Å². The van der Waals surface area contributed by atoms with Crippen molar-refractivity contribution in [2.45, 2.75) is 88.6 Å². The zero-order valence-corrected chi connectivity index (χ0v) is 28.2. The second kappa shape index (κ2) is 12.3. The molecule has 0 amide bonds. The van der Waals surface area contributed by atoms with E-state index >= 15 is 0 Å². The van der Waals surface area contributed by atoms with Crippen molar-refractivity contribution in [3.05, 3.63) is 65.9 Å². The van der Waals surface area contributed by atoms with Gasteiger partial charge in [-0.25, -0.2) is 4.39 Å². The smallest absolute Gasteiger partial charge is 0.322 e. The fraction of sp³-hybridized carbons (Fsp3) is 0.559. The van der Waals surface area contributed by atoms with Crippen LogP contribution in [0.15, 0.2) is 60.7 Å². The molecule has 3 aliphatic rings. The quantitative estimate of drug-likeness (QED) is 0.289. The van der Waals surface area contributed by atoms with E-state index in [1.165, 1.54) is 10.4 Å². The number of aromatic nitrogens is 3. The van der Waals surface area contributed by atoms with E-state index in [4.69, 9.17) is 25.7 Å². The lowest BCUT2D eigenvalue weighted by molar-refractivity contribution is 0.0772. The van der Waals surface area contributed by atoms with Crippen molar-refractivity contribution in [3.8, 4) is 6.01 Å². The number of benzene rings is 2. The first kappa shape index (κ1) is 31.4. The summed E-state index contributed by atoms with van der Waals surface area (Å²) in [7, 11) is -2.80. The average Bonchev–Trinajstić information content (AvgIpc) is 3.44. The molecule has 0 aliphatic carbocycles. The van der Waals surface area contributed by atoms with Crippen LogP contribution in [0.4, 0.5) is 10.3 Å². The van der Waals surface area contributed by atoms with Crippen LogP contribution in [-0.4, -0.2) is 78.3 Å². The number of fused-ring (bicyclic) bond motifs is 1. The molecule has 7 nitrogen and oxygen atoms in total. The van der Waals surface area contributed by atoms with E-state index in [1.807, 2.05) is 0 Å². The number of alkyl halides is 1. The maximum absolute atomic E-state index is 14.3. The van der Waals surface area contributed by atoms with Gasteiger partial charge in [0.2, 0.25) is 11.2 Å². The molecule has 3 atom stereocenters. The number of nitrogens with zero attached hydrogens (tertiary/aromatic N) is 5. The van der Waals surface area contributed by atoms with E-state index < -0.39 is 20.1 Å². The first-order valence-electron chi connectivity index (χ1n) is 16.0. The summed E-state index contributed by atoms with van der Waals surface area (Å²) in [5.41, 5.74) is -0.769. The van der Waals surface area contributed by atoms with Crippen molar-refractivity contribution >= 4 is 36.2 Å². The van der Waals surface area contributed by atoms with Crippen LogP contribution in [0.25, 0.3) is 0 Å². The molecule has 0 N–H and O–H groups in total. The van der Waals surface area contributed by atoms with E-state index in [9.17, 15) is 4.39 Å². The molecule has 10 heteroatoms. The van der Waals surface area contributed by atoms with Gasteiger partial charge in [0.05, 0.1) is 11.1 Å². The van der Waals surface area contributed by atoms with Crippen LogP contribution in [0.2, 0.25) is 10.3 Å². The monoisotopic (exact) mass is 637 g/mol. The molecule has 1 unspecified atom stereocenters. The zero-order chi connectivity index (χ0) is 31.0. The summed E-state index contributed by atoms with van der Waals surface area (Å²) in [5, 5.41) is 2.48. The van der Waals surface area contributed by atoms with E-state index in [0.29, 0.717) is 32.1 Å². The Morgan fingerprint density at radius 3 is 2.27 bits per heavy atom. The van der Waals surface area contributed by atoms with Gasteiger partial charge in [0.1, 0.15) is 12.8 Å². The Morgan fingerprint density at radius 1 is 0.932 bits per heavy atom. The van der Waals surface area contributed by atoms with Gasteiger partial charge in [-0.2, -0.15) is 15.0 Å². The van der Waals surface area contributed by atoms with Crippen molar-refractivity contribution in [2.24, 2.45) is 0 Å². The molecule has 4 heterocycles. The lowest BCUT2D eigenvalue weighted by Gasteiger charge is -2.49. The molecule has 3 fully saturated rings. The zero-order valence-electron chi connectivity index (χ0n) is 26.4. The first-order chi connectivity index (χ1) is 21.0. The Hall–Kier alpha value is -2.59. The summed E-state index contributed by atoms with van der Waals surface area (Å²) in [6, 6.07) is 21.8. The summed E-state index contributed by atoms with van der Waals surface area (Å²) in [4.78, 5) is 18.0. The standard InChI is InChI=1S/C34H45ClFN5O2Si/c1-32(2,3)44(27-14-7-5-8-15-27,28-16-9-6-10-17-28)43-33(4)18-11-12-20-40(24-33)30-37-29(35)38-31(39-30)42-25-34-19-13-21-41(34)23-26(36)22-34/h5-10,14-17,26H,11-13,18-25H2,1-4H3/t26-,33?,34+/m1/s1. The minimum Gasteiger partial charge on any atom is -0.461 e. The van der Waals surface area contributed by atoms with E-state index in [0.717, 1.165) is 45.2 Å². The predicted molar refractivity (Wildman–Crippen MR) is 177 cm³/mol. The predicted octanol–water partition coefficient (Wildman–Crippen LogP) is 5.81. The van der Waals surface area contributed by atoms with Crippen molar-refractivity contribution < 1.29 is 13.6 Å². The third-order valence-corrected chi connectivity index (χ3v) is 15.2. The molecule has 2 aromatic carbocycles. The minimum atomic E-state index is -2.80.